The topological polar surface area (TPSA) is 94.6 Å². The minimum atomic E-state index is -3.91. The first-order chi connectivity index (χ1) is 12.5. The zero-order valence-electron chi connectivity index (χ0n) is 14.3. The molecule has 1 N–H and O–H groups in total. The van der Waals surface area contributed by atoms with Crippen LogP contribution >= 0.6 is 11.3 Å². The third-order valence-corrected chi connectivity index (χ3v) is 6.86. The molecule has 140 valence electrons. The SMILES string of the molecule is COC(=O)c1sccc1S(=O)(=O)N[C@H](c1cccnc1)C1CCOCC1. The molecular weight excluding hydrogens is 376 g/mol. The fourth-order valence-corrected chi connectivity index (χ4v) is 5.65. The number of pyridine rings is 1. The molecule has 3 heterocycles. The number of nitrogens with zero attached hydrogens (tertiary/aromatic N) is 1. The normalized spacial score (nSPS) is 17.0. The molecule has 2 aromatic heterocycles. The van der Waals surface area contributed by atoms with Crippen LogP contribution in [-0.2, 0) is 19.5 Å². The molecule has 0 spiro atoms. The quantitative estimate of drug-likeness (QED) is 0.754. The Balaban J connectivity index is 1.93. The lowest BCUT2D eigenvalue weighted by atomic mass is 9.88. The van der Waals surface area contributed by atoms with Crippen LogP contribution in [0.5, 0.6) is 0 Å². The molecule has 0 radical (unpaired) electrons. The van der Waals surface area contributed by atoms with Crippen LogP contribution in [0.4, 0.5) is 0 Å². The summed E-state index contributed by atoms with van der Waals surface area (Å²) < 4.78 is 38.9. The molecule has 9 heteroatoms. The lowest BCUT2D eigenvalue weighted by Gasteiger charge is -2.31. The predicted molar refractivity (Wildman–Crippen MR) is 96.5 cm³/mol. The highest BCUT2D eigenvalue weighted by molar-refractivity contribution is 7.89. The number of methoxy groups -OCH3 is 1. The third kappa shape index (κ3) is 4.12. The van der Waals surface area contributed by atoms with Gasteiger partial charge in [0, 0.05) is 25.6 Å². The van der Waals surface area contributed by atoms with Crippen LogP contribution in [0.2, 0.25) is 0 Å². The van der Waals surface area contributed by atoms with Crippen LogP contribution in [0.15, 0.2) is 40.9 Å². The molecular formula is C17H20N2O5S2. The standard InChI is InChI=1S/C17H20N2O5S2/c1-23-17(20)16-14(6-10-25-16)26(21,22)19-15(12-4-8-24-9-5-12)13-3-2-7-18-11-13/h2-3,6-7,10-12,15,19H,4-5,8-9H2,1H3/t15-/m0/s1. The van der Waals surface area contributed by atoms with Gasteiger partial charge in [-0.25, -0.2) is 17.9 Å². The molecule has 0 bridgehead atoms. The van der Waals surface area contributed by atoms with Crippen molar-refractivity contribution < 1.29 is 22.7 Å². The highest BCUT2D eigenvalue weighted by atomic mass is 32.2. The largest absolute Gasteiger partial charge is 0.465 e. The van der Waals surface area contributed by atoms with E-state index in [1.165, 1.54) is 13.2 Å². The van der Waals surface area contributed by atoms with E-state index < -0.39 is 22.0 Å². The summed E-state index contributed by atoms with van der Waals surface area (Å²) in [5.41, 5.74) is 0.790. The molecule has 3 rings (SSSR count). The number of ether oxygens (including phenoxy) is 2. The number of carbonyl (C=O) groups is 1. The lowest BCUT2D eigenvalue weighted by molar-refractivity contribution is 0.0564. The molecule has 1 aliphatic rings. The molecule has 0 aromatic carbocycles. The van der Waals surface area contributed by atoms with Gasteiger partial charge >= 0.3 is 5.97 Å². The maximum atomic E-state index is 13.0. The van der Waals surface area contributed by atoms with Crippen molar-refractivity contribution in [2.24, 2.45) is 5.92 Å². The summed E-state index contributed by atoms with van der Waals surface area (Å²) in [5, 5.41) is 1.56. The Morgan fingerprint density at radius 1 is 1.38 bits per heavy atom. The summed E-state index contributed by atoms with van der Waals surface area (Å²) in [6.07, 6.45) is 4.80. The van der Waals surface area contributed by atoms with Crippen molar-refractivity contribution in [3.8, 4) is 0 Å². The van der Waals surface area contributed by atoms with E-state index in [9.17, 15) is 13.2 Å². The number of aromatic nitrogens is 1. The van der Waals surface area contributed by atoms with Crippen LogP contribution in [0, 0.1) is 5.92 Å². The summed E-state index contributed by atoms with van der Waals surface area (Å²) in [7, 11) is -2.68. The minimum absolute atomic E-state index is 0.0599. The van der Waals surface area contributed by atoms with Gasteiger partial charge in [-0.2, -0.15) is 0 Å². The first-order valence-corrected chi connectivity index (χ1v) is 10.5. The lowest BCUT2D eigenvalue weighted by Crippen LogP contribution is -2.36. The summed E-state index contributed by atoms with van der Waals surface area (Å²) in [5.74, 6) is -0.577. The van der Waals surface area contributed by atoms with Gasteiger partial charge < -0.3 is 9.47 Å². The Bertz CT molecular complexity index is 845. The zero-order valence-corrected chi connectivity index (χ0v) is 15.9. The van der Waals surface area contributed by atoms with E-state index in [1.54, 1.807) is 23.8 Å². The van der Waals surface area contributed by atoms with Gasteiger partial charge in [0.25, 0.3) is 0 Å². The predicted octanol–water partition coefficient (Wildman–Crippen LogP) is 2.38. The van der Waals surface area contributed by atoms with Crippen molar-refractivity contribution in [1.82, 2.24) is 9.71 Å². The zero-order chi connectivity index (χ0) is 18.6. The fraction of sp³-hybridized carbons (Fsp3) is 0.412. The molecule has 1 aliphatic heterocycles. The van der Waals surface area contributed by atoms with Crippen molar-refractivity contribution in [3.63, 3.8) is 0 Å². The summed E-state index contributed by atoms with van der Waals surface area (Å²) in [6.45, 7) is 1.18. The molecule has 0 unspecified atom stereocenters. The number of sulfonamides is 1. The smallest absolute Gasteiger partial charge is 0.349 e. The van der Waals surface area contributed by atoms with Gasteiger partial charge in [0.05, 0.1) is 13.2 Å². The van der Waals surface area contributed by atoms with Gasteiger partial charge in [0.2, 0.25) is 10.0 Å². The first-order valence-electron chi connectivity index (χ1n) is 8.18. The van der Waals surface area contributed by atoms with Crippen molar-refractivity contribution in [2.45, 2.75) is 23.8 Å². The summed E-state index contributed by atoms with van der Waals surface area (Å²) >= 11 is 1.04. The number of nitrogens with one attached hydrogen (secondary N) is 1. The number of rotatable bonds is 6. The molecule has 0 aliphatic carbocycles. The number of hydrogen-bond acceptors (Lipinski definition) is 7. The molecule has 1 saturated heterocycles. The summed E-state index contributed by atoms with van der Waals surface area (Å²) in [4.78, 5) is 16.0. The third-order valence-electron chi connectivity index (χ3n) is 4.35. The maximum absolute atomic E-state index is 13.0. The van der Waals surface area contributed by atoms with Gasteiger partial charge in [0.1, 0.15) is 9.77 Å². The van der Waals surface area contributed by atoms with E-state index in [4.69, 9.17) is 4.74 Å². The number of esters is 1. The van der Waals surface area contributed by atoms with Crippen LogP contribution in [0.1, 0.15) is 34.1 Å². The molecule has 1 fully saturated rings. The molecule has 7 nitrogen and oxygen atoms in total. The number of hydrogen-bond donors (Lipinski definition) is 1. The van der Waals surface area contributed by atoms with Crippen LogP contribution in [0.25, 0.3) is 0 Å². The Labute approximate surface area is 156 Å². The molecule has 1 atom stereocenters. The van der Waals surface area contributed by atoms with Crippen molar-refractivity contribution in [1.29, 1.82) is 0 Å². The Morgan fingerprint density at radius 2 is 2.15 bits per heavy atom. The molecule has 2 aromatic rings. The monoisotopic (exact) mass is 396 g/mol. The van der Waals surface area contributed by atoms with E-state index in [0.29, 0.717) is 13.2 Å². The van der Waals surface area contributed by atoms with E-state index in [1.807, 2.05) is 6.07 Å². The average Bonchev–Trinajstić information content (AvgIpc) is 3.18. The van der Waals surface area contributed by atoms with Gasteiger partial charge in [-0.05, 0) is 41.8 Å². The maximum Gasteiger partial charge on any atom is 0.349 e. The second kappa shape index (κ2) is 8.26. The first kappa shape index (κ1) is 19.0. The van der Waals surface area contributed by atoms with Gasteiger partial charge in [-0.3, -0.25) is 4.98 Å². The molecule has 0 saturated carbocycles. The highest BCUT2D eigenvalue weighted by Crippen LogP contribution is 2.32. The van der Waals surface area contributed by atoms with Crippen LogP contribution in [0.3, 0.4) is 0 Å². The number of thiophene rings is 1. The van der Waals surface area contributed by atoms with Crippen molar-refractivity contribution in [2.75, 3.05) is 20.3 Å². The van der Waals surface area contributed by atoms with E-state index in [-0.39, 0.29) is 15.7 Å². The fourth-order valence-electron chi connectivity index (χ4n) is 3.03. The second-order valence-corrected chi connectivity index (χ2v) is 8.54. The highest BCUT2D eigenvalue weighted by Gasteiger charge is 2.32. The van der Waals surface area contributed by atoms with Gasteiger partial charge in [-0.1, -0.05) is 6.07 Å². The van der Waals surface area contributed by atoms with Gasteiger partial charge in [-0.15, -0.1) is 11.3 Å². The Morgan fingerprint density at radius 3 is 2.81 bits per heavy atom. The minimum Gasteiger partial charge on any atom is -0.465 e. The molecule has 26 heavy (non-hydrogen) atoms. The molecule has 0 amide bonds. The second-order valence-electron chi connectivity index (χ2n) is 5.94. The van der Waals surface area contributed by atoms with E-state index in [0.717, 1.165) is 29.7 Å². The van der Waals surface area contributed by atoms with E-state index >= 15 is 0 Å². The Hall–Kier alpha value is -1.81. The van der Waals surface area contributed by atoms with Crippen LogP contribution < -0.4 is 4.72 Å². The Kier molecular flexibility index (Phi) is 6.02. The van der Waals surface area contributed by atoms with Crippen molar-refractivity contribution in [3.05, 3.63) is 46.4 Å². The van der Waals surface area contributed by atoms with Gasteiger partial charge in [0.15, 0.2) is 0 Å². The van der Waals surface area contributed by atoms with E-state index in [2.05, 4.69) is 14.4 Å². The summed E-state index contributed by atoms with van der Waals surface area (Å²) in [6, 6.07) is 4.61. The van der Waals surface area contributed by atoms with Crippen molar-refractivity contribution >= 4 is 27.3 Å². The average molecular weight is 396 g/mol. The van der Waals surface area contributed by atoms with Crippen LogP contribution in [-0.4, -0.2) is 39.7 Å². The number of carbonyl (C=O) groups excluding carboxylic acids is 1.